The van der Waals surface area contributed by atoms with Gasteiger partial charge in [0, 0.05) is 30.7 Å². The Balaban J connectivity index is 1.89. The number of hydrogen-bond acceptors (Lipinski definition) is 4. The molecule has 1 aliphatic heterocycles. The zero-order valence-corrected chi connectivity index (χ0v) is 12.6. The molecule has 0 saturated carbocycles. The summed E-state index contributed by atoms with van der Waals surface area (Å²) in [7, 11) is 0. The van der Waals surface area contributed by atoms with Gasteiger partial charge in [-0.1, -0.05) is 25.4 Å². The van der Waals surface area contributed by atoms with E-state index in [-0.39, 0.29) is 0 Å². The normalized spacial score (nSPS) is 19.8. The quantitative estimate of drug-likeness (QED) is 0.923. The number of nitrogens with zero attached hydrogens (tertiary/aromatic N) is 3. The summed E-state index contributed by atoms with van der Waals surface area (Å²) in [5, 5.41) is 4.25. The van der Waals surface area contributed by atoms with Crippen LogP contribution in [0, 0.1) is 5.92 Å². The summed E-state index contributed by atoms with van der Waals surface area (Å²) in [6.45, 7) is 7.40. The third-order valence-corrected chi connectivity index (χ3v) is 4.06. The van der Waals surface area contributed by atoms with Gasteiger partial charge in [-0.3, -0.25) is 4.98 Å². The summed E-state index contributed by atoms with van der Waals surface area (Å²) in [6.07, 6.45) is 1.86. The average Bonchev–Trinajstić information content (AvgIpc) is 2.46. The van der Waals surface area contributed by atoms with Gasteiger partial charge in [-0.2, -0.15) is 0 Å². The number of anilines is 1. The van der Waals surface area contributed by atoms with Gasteiger partial charge in [-0.15, -0.1) is 0 Å². The lowest BCUT2D eigenvalue weighted by atomic mass is 10.0. The van der Waals surface area contributed by atoms with Gasteiger partial charge in [-0.25, -0.2) is 4.98 Å². The van der Waals surface area contributed by atoms with Gasteiger partial charge in [0.1, 0.15) is 5.82 Å². The van der Waals surface area contributed by atoms with E-state index in [1.54, 1.807) is 0 Å². The van der Waals surface area contributed by atoms with Crippen molar-refractivity contribution in [1.82, 2.24) is 15.3 Å². The number of nitrogens with one attached hydrogen (secondary N) is 1. The maximum Gasteiger partial charge on any atom is 0.147 e. The number of halogens is 1. The van der Waals surface area contributed by atoms with Crippen LogP contribution in [0.15, 0.2) is 24.4 Å². The van der Waals surface area contributed by atoms with E-state index in [4.69, 9.17) is 16.6 Å². The fourth-order valence-electron chi connectivity index (χ4n) is 2.56. The van der Waals surface area contributed by atoms with Crippen LogP contribution in [0.5, 0.6) is 0 Å². The summed E-state index contributed by atoms with van der Waals surface area (Å²) >= 11 is 6.03. The van der Waals surface area contributed by atoms with Crippen LogP contribution >= 0.6 is 11.6 Å². The van der Waals surface area contributed by atoms with Gasteiger partial charge in [0.05, 0.1) is 17.2 Å². The van der Waals surface area contributed by atoms with Crippen molar-refractivity contribution >= 4 is 28.5 Å². The van der Waals surface area contributed by atoms with Gasteiger partial charge in [-0.05, 0) is 24.1 Å². The molecule has 1 atom stereocenters. The minimum atomic E-state index is 0.501. The van der Waals surface area contributed by atoms with E-state index in [1.165, 1.54) is 0 Å². The minimum absolute atomic E-state index is 0.501. The van der Waals surface area contributed by atoms with E-state index in [0.717, 1.165) is 36.5 Å². The van der Waals surface area contributed by atoms with Gasteiger partial charge in [0.25, 0.3) is 0 Å². The van der Waals surface area contributed by atoms with Crippen LogP contribution in [0.3, 0.4) is 0 Å². The summed E-state index contributed by atoms with van der Waals surface area (Å²) < 4.78 is 0. The van der Waals surface area contributed by atoms with Crippen molar-refractivity contribution in [1.29, 1.82) is 0 Å². The number of rotatable bonds is 2. The van der Waals surface area contributed by atoms with Crippen LogP contribution in [0.1, 0.15) is 13.8 Å². The molecule has 20 heavy (non-hydrogen) atoms. The first-order valence-corrected chi connectivity index (χ1v) is 7.42. The first kappa shape index (κ1) is 13.6. The zero-order chi connectivity index (χ0) is 14.1. The lowest BCUT2D eigenvalue weighted by Crippen LogP contribution is -2.53. The molecule has 4 nitrogen and oxygen atoms in total. The molecule has 0 radical (unpaired) electrons. The van der Waals surface area contributed by atoms with Gasteiger partial charge >= 0.3 is 0 Å². The fraction of sp³-hybridized carbons (Fsp3) is 0.467. The molecule has 106 valence electrons. The Kier molecular flexibility index (Phi) is 3.76. The van der Waals surface area contributed by atoms with Crippen LogP contribution in [-0.4, -0.2) is 35.6 Å². The highest BCUT2D eigenvalue weighted by molar-refractivity contribution is 6.31. The van der Waals surface area contributed by atoms with Gasteiger partial charge < -0.3 is 10.2 Å². The Bertz CT molecular complexity index is 614. The Morgan fingerprint density at radius 3 is 3.00 bits per heavy atom. The molecule has 2 heterocycles. The number of hydrogen-bond donors (Lipinski definition) is 1. The predicted octanol–water partition coefficient (Wildman–Crippen LogP) is 2.72. The van der Waals surface area contributed by atoms with Crippen molar-refractivity contribution < 1.29 is 0 Å². The molecule has 1 N–H and O–H groups in total. The molecule has 5 heteroatoms. The second-order valence-electron chi connectivity index (χ2n) is 5.61. The van der Waals surface area contributed by atoms with Gasteiger partial charge in [0.15, 0.2) is 0 Å². The van der Waals surface area contributed by atoms with E-state index < -0.39 is 0 Å². The van der Waals surface area contributed by atoms with E-state index in [0.29, 0.717) is 17.0 Å². The number of fused-ring (bicyclic) bond motifs is 1. The smallest absolute Gasteiger partial charge is 0.147 e. The number of benzene rings is 1. The van der Waals surface area contributed by atoms with Crippen molar-refractivity contribution in [3.8, 4) is 0 Å². The molecule has 0 bridgehead atoms. The van der Waals surface area contributed by atoms with E-state index in [2.05, 4.69) is 29.0 Å². The Morgan fingerprint density at radius 1 is 1.35 bits per heavy atom. The van der Waals surface area contributed by atoms with Crippen LogP contribution in [0.2, 0.25) is 5.02 Å². The second-order valence-corrected chi connectivity index (χ2v) is 6.05. The molecule has 1 aromatic heterocycles. The molecule has 0 unspecified atom stereocenters. The Morgan fingerprint density at radius 2 is 2.20 bits per heavy atom. The highest BCUT2D eigenvalue weighted by atomic mass is 35.5. The van der Waals surface area contributed by atoms with Crippen molar-refractivity contribution in [3.63, 3.8) is 0 Å². The van der Waals surface area contributed by atoms with E-state index in [9.17, 15) is 0 Å². The van der Waals surface area contributed by atoms with Crippen molar-refractivity contribution in [2.75, 3.05) is 24.5 Å². The number of aromatic nitrogens is 2. The monoisotopic (exact) mass is 290 g/mol. The maximum atomic E-state index is 6.03. The minimum Gasteiger partial charge on any atom is -0.352 e. The van der Waals surface area contributed by atoms with E-state index >= 15 is 0 Å². The molecule has 1 aliphatic rings. The maximum absolute atomic E-state index is 6.03. The first-order valence-electron chi connectivity index (χ1n) is 7.04. The Hall–Kier alpha value is -1.39. The SMILES string of the molecule is CC(C)[C@H]1CN(c2cnc3ccc(Cl)cc3n2)CCN1. The topological polar surface area (TPSA) is 41.1 Å². The van der Waals surface area contributed by atoms with Gasteiger partial charge in [0.2, 0.25) is 0 Å². The molecule has 0 spiro atoms. The molecule has 1 aromatic carbocycles. The molecule has 3 rings (SSSR count). The van der Waals surface area contributed by atoms with Crippen molar-refractivity contribution in [2.45, 2.75) is 19.9 Å². The molecule has 2 aromatic rings. The first-order chi connectivity index (χ1) is 9.63. The van der Waals surface area contributed by atoms with Crippen LogP contribution in [0.4, 0.5) is 5.82 Å². The lowest BCUT2D eigenvalue weighted by molar-refractivity contribution is 0.367. The summed E-state index contributed by atoms with van der Waals surface area (Å²) in [6, 6.07) is 6.12. The molecular weight excluding hydrogens is 272 g/mol. The Labute approximate surface area is 124 Å². The third kappa shape index (κ3) is 2.72. The summed E-state index contributed by atoms with van der Waals surface area (Å²) in [5.74, 6) is 1.55. The molecule has 0 aliphatic carbocycles. The van der Waals surface area contributed by atoms with Crippen molar-refractivity contribution in [3.05, 3.63) is 29.4 Å². The standard InChI is InChI=1S/C15H19ClN4/c1-10(2)14-9-20(6-5-17-14)15-8-18-12-4-3-11(16)7-13(12)19-15/h3-4,7-8,10,14,17H,5-6,9H2,1-2H3/t14-/m1/s1. The van der Waals surface area contributed by atoms with Crippen LogP contribution < -0.4 is 10.2 Å². The summed E-state index contributed by atoms with van der Waals surface area (Å²) in [5.41, 5.74) is 1.74. The van der Waals surface area contributed by atoms with Crippen LogP contribution in [0.25, 0.3) is 11.0 Å². The van der Waals surface area contributed by atoms with Crippen molar-refractivity contribution in [2.24, 2.45) is 5.92 Å². The third-order valence-electron chi connectivity index (χ3n) is 3.83. The fourth-order valence-corrected chi connectivity index (χ4v) is 2.73. The molecular formula is C15H19ClN4. The van der Waals surface area contributed by atoms with Crippen LogP contribution in [-0.2, 0) is 0 Å². The molecule has 1 fully saturated rings. The number of piperazine rings is 1. The highest BCUT2D eigenvalue weighted by Gasteiger charge is 2.22. The average molecular weight is 291 g/mol. The molecule has 0 amide bonds. The molecule has 1 saturated heterocycles. The largest absolute Gasteiger partial charge is 0.352 e. The van der Waals surface area contributed by atoms with E-state index in [1.807, 2.05) is 24.4 Å². The second kappa shape index (κ2) is 5.54. The highest BCUT2D eigenvalue weighted by Crippen LogP contribution is 2.20. The lowest BCUT2D eigenvalue weighted by Gasteiger charge is -2.36. The summed E-state index contributed by atoms with van der Waals surface area (Å²) in [4.78, 5) is 11.5. The zero-order valence-electron chi connectivity index (χ0n) is 11.8. The predicted molar refractivity (Wildman–Crippen MR) is 83.4 cm³/mol.